The van der Waals surface area contributed by atoms with Crippen LogP contribution in [0.2, 0.25) is 0 Å². The minimum Gasteiger partial charge on any atom is -0.388 e. The molecule has 0 heterocycles. The molecule has 1 saturated carbocycles. The molecule has 3 rings (SSSR count). The van der Waals surface area contributed by atoms with Crippen molar-refractivity contribution >= 4 is 5.91 Å². The van der Waals surface area contributed by atoms with Crippen molar-refractivity contribution in [3.8, 4) is 11.1 Å². The summed E-state index contributed by atoms with van der Waals surface area (Å²) in [5, 5.41) is 13.0. The van der Waals surface area contributed by atoms with Crippen LogP contribution in [0.3, 0.4) is 0 Å². The van der Waals surface area contributed by atoms with Gasteiger partial charge in [0.15, 0.2) is 0 Å². The average Bonchev–Trinajstić information content (AvgIpc) is 3.01. The van der Waals surface area contributed by atoms with Gasteiger partial charge < -0.3 is 10.4 Å². The van der Waals surface area contributed by atoms with E-state index in [1.807, 2.05) is 30.3 Å². The van der Waals surface area contributed by atoms with Crippen molar-refractivity contribution in [2.45, 2.75) is 31.3 Å². The molecule has 0 unspecified atom stereocenters. The van der Waals surface area contributed by atoms with Gasteiger partial charge in [0.1, 0.15) is 5.82 Å². The van der Waals surface area contributed by atoms with E-state index < -0.39 is 17.3 Å². The number of aliphatic hydroxyl groups is 1. The second kappa shape index (κ2) is 6.50. The lowest BCUT2D eigenvalue weighted by Gasteiger charge is -2.22. The zero-order valence-corrected chi connectivity index (χ0v) is 12.9. The molecule has 1 aliphatic carbocycles. The smallest absolute Gasteiger partial charge is 0.254 e. The molecule has 1 aliphatic rings. The van der Waals surface area contributed by atoms with Crippen LogP contribution in [0, 0.1) is 5.82 Å². The van der Waals surface area contributed by atoms with Gasteiger partial charge in [0.05, 0.1) is 11.2 Å². The van der Waals surface area contributed by atoms with Crippen molar-refractivity contribution in [2.24, 2.45) is 0 Å². The van der Waals surface area contributed by atoms with Crippen LogP contribution in [0.4, 0.5) is 4.39 Å². The summed E-state index contributed by atoms with van der Waals surface area (Å²) in [6.45, 7) is 0.167. The summed E-state index contributed by atoms with van der Waals surface area (Å²) in [5.41, 5.74) is 0.879. The highest BCUT2D eigenvalue weighted by molar-refractivity contribution is 5.95. The first-order valence-corrected chi connectivity index (χ1v) is 7.93. The van der Waals surface area contributed by atoms with Crippen molar-refractivity contribution in [1.29, 1.82) is 0 Å². The molecule has 1 amide bonds. The lowest BCUT2D eigenvalue weighted by Crippen LogP contribution is -2.41. The fourth-order valence-electron chi connectivity index (χ4n) is 3.06. The zero-order valence-electron chi connectivity index (χ0n) is 12.9. The molecule has 2 aromatic carbocycles. The Morgan fingerprint density at radius 3 is 2.48 bits per heavy atom. The highest BCUT2D eigenvalue weighted by atomic mass is 19.1. The van der Waals surface area contributed by atoms with Crippen molar-refractivity contribution in [3.63, 3.8) is 0 Å². The van der Waals surface area contributed by atoms with E-state index in [4.69, 9.17) is 0 Å². The van der Waals surface area contributed by atoms with Crippen LogP contribution in [0.15, 0.2) is 48.5 Å². The Morgan fingerprint density at radius 2 is 1.78 bits per heavy atom. The number of carbonyl (C=O) groups excluding carboxylic acids is 1. The van der Waals surface area contributed by atoms with Crippen molar-refractivity contribution in [2.75, 3.05) is 6.54 Å². The summed E-state index contributed by atoms with van der Waals surface area (Å²) in [4.78, 5) is 12.3. The van der Waals surface area contributed by atoms with Crippen LogP contribution in [-0.4, -0.2) is 23.2 Å². The first kappa shape index (κ1) is 15.7. The van der Waals surface area contributed by atoms with Gasteiger partial charge in [-0.1, -0.05) is 49.2 Å². The van der Waals surface area contributed by atoms with Crippen LogP contribution in [0.25, 0.3) is 11.1 Å². The third kappa shape index (κ3) is 3.59. The van der Waals surface area contributed by atoms with E-state index >= 15 is 0 Å². The Bertz CT molecular complexity index is 694. The predicted octanol–water partition coefficient (Wildman–Crippen LogP) is 3.53. The van der Waals surface area contributed by atoms with Gasteiger partial charge in [0.25, 0.3) is 5.91 Å². The van der Waals surface area contributed by atoms with Crippen molar-refractivity contribution < 1.29 is 14.3 Å². The molecule has 0 spiro atoms. The summed E-state index contributed by atoms with van der Waals surface area (Å²) in [7, 11) is 0. The molecule has 2 aromatic rings. The lowest BCUT2D eigenvalue weighted by molar-refractivity contribution is 0.0448. The number of hydrogen-bond donors (Lipinski definition) is 2. The quantitative estimate of drug-likeness (QED) is 0.907. The van der Waals surface area contributed by atoms with E-state index in [1.54, 1.807) is 12.1 Å². The molecular formula is C19H20FNO2. The van der Waals surface area contributed by atoms with Crippen LogP contribution < -0.4 is 5.32 Å². The van der Waals surface area contributed by atoms with Crippen molar-refractivity contribution in [1.82, 2.24) is 5.32 Å². The number of halogens is 1. The maximum absolute atomic E-state index is 14.0. The maximum Gasteiger partial charge on any atom is 0.254 e. The Morgan fingerprint density at radius 1 is 1.09 bits per heavy atom. The second-order valence-electron chi connectivity index (χ2n) is 6.17. The first-order valence-electron chi connectivity index (χ1n) is 7.93. The summed E-state index contributed by atoms with van der Waals surface area (Å²) < 4.78 is 14.0. The Kier molecular flexibility index (Phi) is 4.44. The van der Waals surface area contributed by atoms with E-state index in [0.717, 1.165) is 24.0 Å². The van der Waals surface area contributed by atoms with Gasteiger partial charge in [-0.25, -0.2) is 4.39 Å². The molecule has 2 N–H and O–H groups in total. The van der Waals surface area contributed by atoms with E-state index in [-0.39, 0.29) is 12.1 Å². The minimum atomic E-state index is -0.844. The van der Waals surface area contributed by atoms with Gasteiger partial charge in [-0.2, -0.15) is 0 Å². The summed E-state index contributed by atoms with van der Waals surface area (Å²) in [6, 6.07) is 14.0. The van der Waals surface area contributed by atoms with E-state index in [0.29, 0.717) is 12.8 Å². The average molecular weight is 313 g/mol. The molecular weight excluding hydrogens is 293 g/mol. The highest BCUT2D eigenvalue weighted by Gasteiger charge is 2.31. The molecule has 0 aliphatic heterocycles. The number of hydrogen-bond acceptors (Lipinski definition) is 2. The minimum absolute atomic E-state index is 0.00736. The lowest BCUT2D eigenvalue weighted by atomic mass is 10.0. The summed E-state index contributed by atoms with van der Waals surface area (Å²) in [6.07, 6.45) is 3.29. The van der Waals surface area contributed by atoms with Crippen LogP contribution >= 0.6 is 0 Å². The molecule has 3 nitrogen and oxygen atoms in total. The Balaban J connectivity index is 1.77. The Labute approximate surface area is 135 Å². The van der Waals surface area contributed by atoms with Gasteiger partial charge in [-0.05, 0) is 36.1 Å². The standard InChI is InChI=1S/C19H20FNO2/c20-17-9-8-15(14-6-2-1-3-7-14)12-16(17)18(22)21-13-19(23)10-4-5-11-19/h1-3,6-9,12,23H,4-5,10-11,13H2,(H,21,22). The van der Waals surface area contributed by atoms with Crippen LogP contribution in [-0.2, 0) is 0 Å². The van der Waals surface area contributed by atoms with Gasteiger partial charge in [-0.3, -0.25) is 4.79 Å². The molecule has 0 aromatic heterocycles. The van der Waals surface area contributed by atoms with E-state index in [9.17, 15) is 14.3 Å². The third-order valence-corrected chi connectivity index (χ3v) is 4.43. The van der Waals surface area contributed by atoms with Crippen LogP contribution in [0.1, 0.15) is 36.0 Å². The van der Waals surface area contributed by atoms with Gasteiger partial charge in [0.2, 0.25) is 0 Å². The Hall–Kier alpha value is -2.20. The fourth-order valence-corrected chi connectivity index (χ4v) is 3.06. The van der Waals surface area contributed by atoms with E-state index in [1.165, 1.54) is 6.07 Å². The van der Waals surface area contributed by atoms with Gasteiger partial charge >= 0.3 is 0 Å². The van der Waals surface area contributed by atoms with E-state index in [2.05, 4.69) is 5.32 Å². The highest BCUT2D eigenvalue weighted by Crippen LogP contribution is 2.29. The predicted molar refractivity (Wildman–Crippen MR) is 87.6 cm³/mol. The number of amides is 1. The number of nitrogens with one attached hydrogen (secondary N) is 1. The largest absolute Gasteiger partial charge is 0.388 e. The summed E-state index contributed by atoms with van der Waals surface area (Å²) in [5.74, 6) is -1.04. The molecule has 0 saturated heterocycles. The third-order valence-electron chi connectivity index (χ3n) is 4.43. The zero-order chi connectivity index (χ0) is 16.3. The number of rotatable bonds is 4. The topological polar surface area (TPSA) is 49.3 Å². The molecule has 0 bridgehead atoms. The summed E-state index contributed by atoms with van der Waals surface area (Å²) >= 11 is 0. The SMILES string of the molecule is O=C(NCC1(O)CCCC1)c1cc(-c2ccccc2)ccc1F. The van der Waals surface area contributed by atoms with Gasteiger partial charge in [-0.15, -0.1) is 0 Å². The molecule has 23 heavy (non-hydrogen) atoms. The van der Waals surface area contributed by atoms with Crippen molar-refractivity contribution in [3.05, 3.63) is 59.9 Å². The van der Waals surface area contributed by atoms with Gasteiger partial charge in [0, 0.05) is 6.54 Å². The maximum atomic E-state index is 14.0. The first-order chi connectivity index (χ1) is 11.1. The number of benzene rings is 2. The molecule has 0 radical (unpaired) electrons. The molecule has 1 fully saturated rings. The second-order valence-corrected chi connectivity index (χ2v) is 6.17. The fraction of sp³-hybridized carbons (Fsp3) is 0.316. The normalized spacial score (nSPS) is 16.3. The molecule has 120 valence electrons. The number of carbonyl (C=O) groups is 1. The molecule has 0 atom stereocenters. The van der Waals surface area contributed by atoms with Crippen LogP contribution in [0.5, 0.6) is 0 Å². The monoisotopic (exact) mass is 313 g/mol. The molecule has 4 heteroatoms.